The van der Waals surface area contributed by atoms with Crippen LogP contribution < -0.4 is 5.32 Å². The van der Waals surface area contributed by atoms with Gasteiger partial charge in [-0.2, -0.15) is 0 Å². The first-order chi connectivity index (χ1) is 12.7. The molecular formula is C20H19ClN2O3. The van der Waals surface area contributed by atoms with E-state index in [1.165, 1.54) is 16.0 Å². The second-order valence-electron chi connectivity index (χ2n) is 6.52. The molecule has 2 aliphatic rings. The first kappa shape index (κ1) is 17.1. The summed E-state index contributed by atoms with van der Waals surface area (Å²) in [5.74, 6) is -0.420. The number of benzene rings is 2. The van der Waals surface area contributed by atoms with Gasteiger partial charge < -0.3 is 15.0 Å². The largest absolute Gasteiger partial charge is 0.463 e. The molecule has 0 saturated carbocycles. The molecule has 2 aromatic rings. The van der Waals surface area contributed by atoms with Crippen molar-refractivity contribution >= 4 is 22.9 Å². The number of carbonyl (C=O) groups excluding carboxylic acids is 2. The molecule has 1 N–H and O–H groups in total. The number of nitrogens with one attached hydrogen (secondary N) is 1. The summed E-state index contributed by atoms with van der Waals surface area (Å²) in [7, 11) is 0. The summed E-state index contributed by atoms with van der Waals surface area (Å²) in [5.41, 5.74) is 4.68. The summed E-state index contributed by atoms with van der Waals surface area (Å²) in [5, 5.41) is 2.49. The number of halogens is 1. The zero-order valence-electron chi connectivity index (χ0n) is 14.2. The maximum absolute atomic E-state index is 12.6. The van der Waals surface area contributed by atoms with Crippen LogP contribution in [0.1, 0.15) is 17.0 Å². The average molecular weight is 371 g/mol. The maximum Gasteiger partial charge on any atom is 0.330 e. The number of carbonyl (C=O) groups is 2. The van der Waals surface area contributed by atoms with Crippen LogP contribution >= 0.6 is 11.6 Å². The van der Waals surface area contributed by atoms with E-state index in [9.17, 15) is 9.59 Å². The van der Waals surface area contributed by atoms with Crippen LogP contribution in [0.25, 0.3) is 11.1 Å². The number of amides is 1. The molecule has 26 heavy (non-hydrogen) atoms. The second-order valence-corrected chi connectivity index (χ2v) is 6.85. The predicted molar refractivity (Wildman–Crippen MR) is 99.3 cm³/mol. The van der Waals surface area contributed by atoms with Crippen molar-refractivity contribution in [3.05, 3.63) is 59.7 Å². The van der Waals surface area contributed by atoms with Gasteiger partial charge in [0.05, 0.1) is 0 Å². The molecule has 134 valence electrons. The summed E-state index contributed by atoms with van der Waals surface area (Å²) in [6.45, 7) is 1.62. The van der Waals surface area contributed by atoms with Gasteiger partial charge >= 0.3 is 11.3 Å². The highest BCUT2D eigenvalue weighted by atomic mass is 35.5. The van der Waals surface area contributed by atoms with Crippen LogP contribution in [-0.2, 0) is 9.53 Å². The SMILES string of the molecule is O=C(OCC1c2ccccc2-c2ccccc21)C1CNCCN1C(=O)Cl. The average Bonchev–Trinajstić information content (AvgIpc) is 3.00. The van der Waals surface area contributed by atoms with Crippen LogP contribution in [0.5, 0.6) is 0 Å². The van der Waals surface area contributed by atoms with Crippen LogP contribution in [-0.4, -0.2) is 48.5 Å². The van der Waals surface area contributed by atoms with Crippen LogP contribution in [0, 0.1) is 0 Å². The number of ether oxygens (including phenoxy) is 1. The Morgan fingerprint density at radius 3 is 2.31 bits per heavy atom. The maximum atomic E-state index is 12.6. The lowest BCUT2D eigenvalue weighted by Gasteiger charge is -2.33. The monoisotopic (exact) mass is 370 g/mol. The van der Waals surface area contributed by atoms with Crippen molar-refractivity contribution in [2.75, 3.05) is 26.2 Å². The molecule has 2 aromatic carbocycles. The van der Waals surface area contributed by atoms with Gasteiger partial charge in [0, 0.05) is 25.6 Å². The topological polar surface area (TPSA) is 58.6 Å². The van der Waals surface area contributed by atoms with E-state index in [-0.39, 0.29) is 12.5 Å². The third-order valence-corrected chi connectivity index (χ3v) is 5.31. The third-order valence-electron chi connectivity index (χ3n) is 5.10. The molecule has 1 atom stereocenters. The summed E-state index contributed by atoms with van der Waals surface area (Å²) in [4.78, 5) is 25.5. The molecular weight excluding hydrogens is 352 g/mol. The molecule has 1 fully saturated rings. The van der Waals surface area contributed by atoms with Crippen LogP contribution in [0.15, 0.2) is 48.5 Å². The Hall–Kier alpha value is -2.37. The zero-order valence-corrected chi connectivity index (χ0v) is 14.9. The van der Waals surface area contributed by atoms with Gasteiger partial charge in [0.1, 0.15) is 12.6 Å². The van der Waals surface area contributed by atoms with E-state index < -0.39 is 17.4 Å². The molecule has 1 unspecified atom stereocenters. The van der Waals surface area contributed by atoms with Crippen molar-refractivity contribution in [2.24, 2.45) is 0 Å². The van der Waals surface area contributed by atoms with Gasteiger partial charge in [-0.15, -0.1) is 0 Å². The Labute approximate surface area is 156 Å². The van der Waals surface area contributed by atoms with Crippen molar-refractivity contribution < 1.29 is 14.3 Å². The van der Waals surface area contributed by atoms with Crippen LogP contribution in [0.2, 0.25) is 0 Å². The van der Waals surface area contributed by atoms with Gasteiger partial charge in [-0.3, -0.25) is 4.79 Å². The minimum absolute atomic E-state index is 0.00283. The second kappa shape index (κ2) is 7.09. The van der Waals surface area contributed by atoms with Crippen molar-refractivity contribution in [1.29, 1.82) is 0 Å². The van der Waals surface area contributed by atoms with Crippen LogP contribution in [0.3, 0.4) is 0 Å². The van der Waals surface area contributed by atoms with E-state index in [1.54, 1.807) is 0 Å². The molecule has 0 radical (unpaired) electrons. The Kier molecular flexibility index (Phi) is 4.66. The molecule has 5 nitrogen and oxygen atoms in total. The number of hydrogen-bond donors (Lipinski definition) is 1. The summed E-state index contributed by atoms with van der Waals surface area (Å²) in [6, 6.07) is 15.7. The number of esters is 1. The number of piperazine rings is 1. The highest BCUT2D eigenvalue weighted by molar-refractivity contribution is 6.63. The molecule has 0 bridgehead atoms. The minimum atomic E-state index is -0.680. The number of rotatable bonds is 3. The first-order valence-electron chi connectivity index (χ1n) is 8.68. The highest BCUT2D eigenvalue weighted by Crippen LogP contribution is 2.44. The quantitative estimate of drug-likeness (QED) is 0.512. The summed E-state index contributed by atoms with van der Waals surface area (Å²) >= 11 is 5.61. The Morgan fingerprint density at radius 2 is 1.69 bits per heavy atom. The van der Waals surface area contributed by atoms with E-state index in [0.717, 1.165) is 11.1 Å². The third kappa shape index (κ3) is 2.97. The normalized spacial score (nSPS) is 19.0. The molecule has 4 rings (SSSR count). The van der Waals surface area contributed by atoms with Gasteiger partial charge in [0.15, 0.2) is 0 Å². The molecule has 1 aliphatic carbocycles. The molecule has 6 heteroatoms. The standard InChI is InChI=1S/C20H19ClN2O3/c21-20(25)23-10-9-22-11-18(23)19(24)26-12-17-15-7-3-1-5-13(15)14-6-2-4-8-16(14)17/h1-8,17-18,22H,9-12H2. The molecule has 0 spiro atoms. The Balaban J connectivity index is 1.53. The number of fused-ring (bicyclic) bond motifs is 3. The van der Waals surface area contributed by atoms with Gasteiger partial charge in [0.2, 0.25) is 0 Å². The Morgan fingerprint density at radius 1 is 1.08 bits per heavy atom. The number of nitrogens with zero attached hydrogens (tertiary/aromatic N) is 1. The van der Waals surface area contributed by atoms with Crippen molar-refractivity contribution in [1.82, 2.24) is 10.2 Å². The zero-order chi connectivity index (χ0) is 18.1. The van der Waals surface area contributed by atoms with E-state index >= 15 is 0 Å². The van der Waals surface area contributed by atoms with Crippen LogP contribution in [0.4, 0.5) is 4.79 Å². The van der Waals surface area contributed by atoms with E-state index in [0.29, 0.717) is 19.6 Å². The van der Waals surface area contributed by atoms with Gasteiger partial charge in [-0.05, 0) is 33.9 Å². The van der Waals surface area contributed by atoms with E-state index in [1.807, 2.05) is 24.3 Å². The molecule has 0 aromatic heterocycles. The minimum Gasteiger partial charge on any atom is -0.463 e. The number of hydrogen-bond acceptors (Lipinski definition) is 4. The fourth-order valence-corrected chi connectivity index (χ4v) is 4.03. The molecule has 1 heterocycles. The summed E-state index contributed by atoms with van der Waals surface area (Å²) < 4.78 is 5.63. The van der Waals surface area contributed by atoms with Crippen molar-refractivity contribution in [3.8, 4) is 11.1 Å². The van der Waals surface area contributed by atoms with Gasteiger partial charge in [0.25, 0.3) is 0 Å². The van der Waals surface area contributed by atoms with Gasteiger partial charge in [-0.25, -0.2) is 4.79 Å². The predicted octanol–water partition coefficient (Wildman–Crippen LogP) is 2.97. The first-order valence-corrected chi connectivity index (χ1v) is 9.06. The summed E-state index contributed by atoms with van der Waals surface area (Å²) in [6.07, 6.45) is 0. The van der Waals surface area contributed by atoms with E-state index in [4.69, 9.17) is 16.3 Å². The fourth-order valence-electron chi connectivity index (χ4n) is 3.83. The van der Waals surface area contributed by atoms with Gasteiger partial charge in [-0.1, -0.05) is 48.5 Å². The van der Waals surface area contributed by atoms with E-state index in [2.05, 4.69) is 29.6 Å². The van der Waals surface area contributed by atoms with Crippen molar-refractivity contribution in [3.63, 3.8) is 0 Å². The highest BCUT2D eigenvalue weighted by Gasteiger charge is 2.34. The van der Waals surface area contributed by atoms with Crippen molar-refractivity contribution in [2.45, 2.75) is 12.0 Å². The molecule has 1 amide bonds. The Bertz CT molecular complexity index is 809. The lowest BCUT2D eigenvalue weighted by atomic mass is 9.98. The lowest BCUT2D eigenvalue weighted by molar-refractivity contribution is -0.149. The molecule has 1 aliphatic heterocycles. The fraction of sp³-hybridized carbons (Fsp3) is 0.300. The lowest BCUT2D eigenvalue weighted by Crippen LogP contribution is -2.56. The molecule has 1 saturated heterocycles. The smallest absolute Gasteiger partial charge is 0.330 e.